The molecular formula is C19H32N6O2. The van der Waals surface area contributed by atoms with E-state index in [9.17, 15) is 4.79 Å². The minimum Gasteiger partial charge on any atom is -0.379 e. The van der Waals surface area contributed by atoms with E-state index in [0.29, 0.717) is 18.3 Å². The van der Waals surface area contributed by atoms with E-state index in [-0.39, 0.29) is 11.4 Å². The normalized spacial score (nSPS) is 24.6. The van der Waals surface area contributed by atoms with Crippen molar-refractivity contribution in [1.82, 2.24) is 30.5 Å². The molecule has 0 unspecified atom stereocenters. The third kappa shape index (κ3) is 4.33. The van der Waals surface area contributed by atoms with Crippen LogP contribution in [0.25, 0.3) is 0 Å². The highest BCUT2D eigenvalue weighted by atomic mass is 16.5. The summed E-state index contributed by atoms with van der Waals surface area (Å²) in [7, 11) is 0. The van der Waals surface area contributed by atoms with Crippen molar-refractivity contribution in [2.45, 2.75) is 56.5 Å². The number of morpholine rings is 1. The minimum absolute atomic E-state index is 0.0721. The lowest BCUT2D eigenvalue weighted by molar-refractivity contribution is -0.0361. The smallest absolute Gasteiger partial charge is 0.273 e. The summed E-state index contributed by atoms with van der Waals surface area (Å²) in [5.74, 6) is -0.103. The average Bonchev–Trinajstić information content (AvgIpc) is 3.24. The third-order valence-corrected chi connectivity index (χ3v) is 6.47. The second kappa shape index (κ2) is 8.67. The van der Waals surface area contributed by atoms with E-state index in [2.05, 4.69) is 25.8 Å². The molecule has 2 aliphatic heterocycles. The fourth-order valence-electron chi connectivity index (χ4n) is 4.82. The molecule has 1 amide bonds. The van der Waals surface area contributed by atoms with Crippen LogP contribution in [-0.2, 0) is 4.74 Å². The van der Waals surface area contributed by atoms with Gasteiger partial charge in [0.05, 0.1) is 25.5 Å². The second-order valence-electron chi connectivity index (χ2n) is 8.13. The van der Waals surface area contributed by atoms with Crippen LogP contribution in [0.2, 0.25) is 0 Å². The Labute approximate surface area is 161 Å². The lowest BCUT2D eigenvalue weighted by atomic mass is 9.79. The fraction of sp³-hybridized carbons (Fsp3) is 0.842. The molecule has 0 atom stereocenters. The van der Waals surface area contributed by atoms with Gasteiger partial charge in [-0.25, -0.2) is 4.68 Å². The van der Waals surface area contributed by atoms with Crippen LogP contribution in [0, 0.1) is 0 Å². The number of ether oxygens (including phenoxy) is 1. The van der Waals surface area contributed by atoms with Gasteiger partial charge in [-0.15, -0.1) is 5.10 Å². The first-order chi connectivity index (χ1) is 13.3. The highest BCUT2D eigenvalue weighted by Gasteiger charge is 2.39. The topological polar surface area (TPSA) is 84.3 Å². The molecule has 1 aromatic rings. The number of hydrogen-bond acceptors (Lipinski definition) is 6. The summed E-state index contributed by atoms with van der Waals surface area (Å²) in [6.45, 7) is 6.18. The van der Waals surface area contributed by atoms with Crippen LogP contribution >= 0.6 is 0 Å². The predicted molar refractivity (Wildman–Crippen MR) is 102 cm³/mol. The van der Waals surface area contributed by atoms with Crippen molar-refractivity contribution in [3.63, 3.8) is 0 Å². The number of rotatable bonds is 5. The summed E-state index contributed by atoms with van der Waals surface area (Å²) in [5, 5.41) is 14.9. The van der Waals surface area contributed by atoms with Crippen LogP contribution < -0.4 is 10.6 Å². The first kappa shape index (κ1) is 18.8. The molecule has 0 bridgehead atoms. The van der Waals surface area contributed by atoms with Crippen LogP contribution in [0.1, 0.15) is 61.5 Å². The summed E-state index contributed by atoms with van der Waals surface area (Å²) in [5.41, 5.74) is 0.504. The highest BCUT2D eigenvalue weighted by molar-refractivity contribution is 5.91. The van der Waals surface area contributed by atoms with Crippen molar-refractivity contribution < 1.29 is 9.53 Å². The Morgan fingerprint density at radius 3 is 2.70 bits per heavy atom. The van der Waals surface area contributed by atoms with E-state index in [1.807, 2.05) is 10.9 Å². The van der Waals surface area contributed by atoms with Crippen LogP contribution in [-0.4, -0.2) is 77.3 Å². The van der Waals surface area contributed by atoms with Gasteiger partial charge in [-0.05, 0) is 38.8 Å². The molecule has 1 aliphatic carbocycles. The zero-order valence-electron chi connectivity index (χ0n) is 16.2. The lowest BCUT2D eigenvalue weighted by Gasteiger charge is -2.48. The molecule has 1 aromatic heterocycles. The molecule has 1 saturated carbocycles. The summed E-state index contributed by atoms with van der Waals surface area (Å²) in [6, 6.07) is 0.346. The molecule has 2 N–H and O–H groups in total. The Balaban J connectivity index is 1.38. The Hall–Kier alpha value is -1.51. The fourth-order valence-corrected chi connectivity index (χ4v) is 4.82. The molecule has 3 heterocycles. The van der Waals surface area contributed by atoms with Crippen molar-refractivity contribution in [3.8, 4) is 0 Å². The van der Waals surface area contributed by atoms with Gasteiger partial charge in [0.1, 0.15) is 0 Å². The van der Waals surface area contributed by atoms with Gasteiger partial charge in [0.2, 0.25) is 0 Å². The first-order valence-corrected chi connectivity index (χ1v) is 10.5. The number of nitrogens with one attached hydrogen (secondary N) is 2. The van der Waals surface area contributed by atoms with E-state index in [4.69, 9.17) is 4.74 Å². The molecule has 8 heteroatoms. The van der Waals surface area contributed by atoms with Gasteiger partial charge >= 0.3 is 0 Å². The van der Waals surface area contributed by atoms with E-state index >= 15 is 0 Å². The molecule has 0 radical (unpaired) electrons. The molecular weight excluding hydrogens is 344 g/mol. The number of amides is 1. The van der Waals surface area contributed by atoms with Crippen LogP contribution in [0.4, 0.5) is 0 Å². The Morgan fingerprint density at radius 1 is 1.22 bits per heavy atom. The number of hydrogen-bond donors (Lipinski definition) is 2. The van der Waals surface area contributed by atoms with E-state index in [1.165, 1.54) is 19.3 Å². The molecule has 3 aliphatic rings. The summed E-state index contributed by atoms with van der Waals surface area (Å²) < 4.78 is 7.41. The zero-order chi connectivity index (χ0) is 18.5. The number of carbonyl (C=O) groups excluding carboxylic acids is 1. The molecule has 27 heavy (non-hydrogen) atoms. The number of aromatic nitrogens is 3. The Kier molecular flexibility index (Phi) is 6.04. The Morgan fingerprint density at radius 2 is 1.96 bits per heavy atom. The minimum atomic E-state index is -0.103. The van der Waals surface area contributed by atoms with Crippen LogP contribution in [0.5, 0.6) is 0 Å². The lowest BCUT2D eigenvalue weighted by Crippen LogP contribution is -2.59. The van der Waals surface area contributed by atoms with Gasteiger partial charge in [0, 0.05) is 25.2 Å². The van der Waals surface area contributed by atoms with E-state index < -0.39 is 0 Å². The molecule has 8 nitrogen and oxygen atoms in total. The first-order valence-electron chi connectivity index (χ1n) is 10.5. The maximum atomic E-state index is 12.7. The number of carbonyl (C=O) groups is 1. The van der Waals surface area contributed by atoms with Gasteiger partial charge in [-0.3, -0.25) is 9.69 Å². The van der Waals surface area contributed by atoms with Crippen LogP contribution in [0.15, 0.2) is 6.20 Å². The van der Waals surface area contributed by atoms with E-state index in [1.54, 1.807) is 0 Å². The zero-order valence-corrected chi connectivity index (χ0v) is 16.2. The second-order valence-corrected chi connectivity index (χ2v) is 8.13. The van der Waals surface area contributed by atoms with Gasteiger partial charge in [-0.1, -0.05) is 24.5 Å². The number of piperidine rings is 1. The SMILES string of the molecule is O=C(NCC1(N2CCOCC2)CCCCC1)c1cn(C2CCNCC2)nn1. The Bertz CT molecular complexity index is 615. The predicted octanol–water partition coefficient (Wildman–Crippen LogP) is 0.968. The quantitative estimate of drug-likeness (QED) is 0.797. The third-order valence-electron chi connectivity index (χ3n) is 6.47. The molecule has 2 saturated heterocycles. The van der Waals surface area contributed by atoms with Crippen molar-refractivity contribution in [2.75, 3.05) is 45.9 Å². The monoisotopic (exact) mass is 376 g/mol. The molecule has 4 rings (SSSR count). The maximum Gasteiger partial charge on any atom is 0.273 e. The molecule has 0 spiro atoms. The maximum absolute atomic E-state index is 12.7. The average molecular weight is 377 g/mol. The molecule has 0 aromatic carbocycles. The van der Waals surface area contributed by atoms with Gasteiger partial charge in [0.25, 0.3) is 5.91 Å². The summed E-state index contributed by atoms with van der Waals surface area (Å²) in [4.78, 5) is 15.3. The largest absolute Gasteiger partial charge is 0.379 e. The van der Waals surface area contributed by atoms with Crippen molar-refractivity contribution in [1.29, 1.82) is 0 Å². The van der Waals surface area contributed by atoms with Crippen molar-refractivity contribution in [3.05, 3.63) is 11.9 Å². The summed E-state index contributed by atoms with van der Waals surface area (Å²) in [6.07, 6.45) is 9.94. The standard InChI is InChI=1S/C19H32N6O2/c26-18(17-14-25(23-22-17)16-4-8-20-9-5-16)21-15-19(6-2-1-3-7-19)24-10-12-27-13-11-24/h14,16,20H,1-13,15H2,(H,21,26). The van der Waals surface area contributed by atoms with Crippen LogP contribution in [0.3, 0.4) is 0 Å². The summed E-state index contributed by atoms with van der Waals surface area (Å²) >= 11 is 0. The highest BCUT2D eigenvalue weighted by Crippen LogP contribution is 2.34. The van der Waals surface area contributed by atoms with Gasteiger partial charge < -0.3 is 15.4 Å². The van der Waals surface area contributed by atoms with Gasteiger partial charge in [0.15, 0.2) is 5.69 Å². The molecule has 150 valence electrons. The van der Waals surface area contributed by atoms with Gasteiger partial charge in [-0.2, -0.15) is 0 Å². The number of nitrogens with zero attached hydrogens (tertiary/aromatic N) is 4. The van der Waals surface area contributed by atoms with Crippen molar-refractivity contribution >= 4 is 5.91 Å². The molecule has 3 fully saturated rings. The van der Waals surface area contributed by atoms with Crippen molar-refractivity contribution in [2.24, 2.45) is 0 Å². The van der Waals surface area contributed by atoms with E-state index in [0.717, 1.165) is 65.1 Å².